The number of benzene rings is 2. The van der Waals surface area contributed by atoms with Gasteiger partial charge < -0.3 is 34.3 Å². The van der Waals surface area contributed by atoms with Gasteiger partial charge >= 0.3 is 0 Å². The summed E-state index contributed by atoms with van der Waals surface area (Å²) in [5, 5.41) is 7.48. The second kappa shape index (κ2) is 11.7. The van der Waals surface area contributed by atoms with Crippen LogP contribution in [0.5, 0.6) is 11.5 Å². The molecule has 198 valence electrons. The van der Waals surface area contributed by atoms with Crippen molar-refractivity contribution in [2.45, 2.75) is 13.0 Å². The maximum Gasteiger partial charge on any atom is 0.229 e. The maximum absolute atomic E-state index is 13.1. The predicted molar refractivity (Wildman–Crippen MR) is 150 cm³/mol. The Morgan fingerprint density at radius 3 is 2.62 bits per heavy atom. The fraction of sp³-hybridized carbons (Fsp3) is 0.385. The number of hydrogen-bond acceptors (Lipinski definition) is 9. The van der Waals surface area contributed by atoms with Gasteiger partial charge in [-0.05, 0) is 68.3 Å². The third kappa shape index (κ3) is 6.73. The van der Waals surface area contributed by atoms with E-state index < -0.39 is 7.14 Å². The number of aromatic nitrogens is 2. The van der Waals surface area contributed by atoms with Crippen molar-refractivity contribution in [2.75, 3.05) is 65.0 Å². The average molecular weight is 546 g/mol. The Balaban J connectivity index is 1.61. The summed E-state index contributed by atoms with van der Waals surface area (Å²) in [7, 11) is 2.71. The predicted octanol–water partition coefficient (Wildman–Crippen LogP) is 4.89. The molecule has 11 heteroatoms. The number of ether oxygens (including phenoxy) is 3. The van der Waals surface area contributed by atoms with E-state index in [-0.39, 0.29) is 0 Å². The Hall–Kier alpha value is -2.84. The van der Waals surface area contributed by atoms with Crippen molar-refractivity contribution in [3.8, 4) is 11.5 Å². The fourth-order valence-corrected chi connectivity index (χ4v) is 5.44. The van der Waals surface area contributed by atoms with Gasteiger partial charge in [0, 0.05) is 25.5 Å². The summed E-state index contributed by atoms with van der Waals surface area (Å²) in [5.41, 5.74) is 3.93. The van der Waals surface area contributed by atoms with E-state index >= 15 is 0 Å². The highest BCUT2D eigenvalue weighted by Crippen LogP contribution is 2.40. The van der Waals surface area contributed by atoms with E-state index in [1.807, 2.05) is 6.07 Å². The number of nitrogens with one attached hydrogen (secondary N) is 2. The molecule has 3 aromatic rings. The van der Waals surface area contributed by atoms with E-state index in [1.54, 1.807) is 39.7 Å². The van der Waals surface area contributed by atoms with Crippen LogP contribution in [0.2, 0.25) is 5.02 Å². The minimum atomic E-state index is -2.66. The third-order valence-electron chi connectivity index (χ3n) is 6.07. The molecule has 1 aliphatic heterocycles. The largest absolute Gasteiger partial charge is 0.495 e. The molecule has 0 spiro atoms. The molecule has 0 aliphatic carbocycles. The maximum atomic E-state index is 13.1. The van der Waals surface area contributed by atoms with E-state index in [9.17, 15) is 4.57 Å². The molecule has 4 rings (SSSR count). The van der Waals surface area contributed by atoms with Crippen molar-refractivity contribution in [1.82, 2.24) is 14.9 Å². The third-order valence-corrected chi connectivity index (χ3v) is 7.88. The number of likely N-dealkylation sites (N-methyl/N-ethyl adjacent to an activating group) is 1. The number of methoxy groups -OCH3 is 2. The lowest BCUT2D eigenvalue weighted by Crippen LogP contribution is -2.26. The summed E-state index contributed by atoms with van der Waals surface area (Å²) in [6.07, 6.45) is 2.50. The van der Waals surface area contributed by atoms with E-state index in [2.05, 4.69) is 44.7 Å². The minimum Gasteiger partial charge on any atom is -0.495 e. The van der Waals surface area contributed by atoms with Crippen LogP contribution < -0.4 is 25.4 Å². The van der Waals surface area contributed by atoms with Crippen LogP contribution in [0.25, 0.3) is 0 Å². The standard InChI is InChI=1S/C26H33ClN5O4P/c1-32-9-8-17-13-23(35-3)22(12-18(17)16-32)30-26-28-15-20(27)25(31-26)29-21-7-6-19(36-11-10-34-2)14-24(21)37(4,5)33/h6-7,12-15H,8-11,16H2,1-5H3,(H2,28,29,30,31). The second-order valence-corrected chi connectivity index (χ2v) is 12.9. The van der Waals surface area contributed by atoms with E-state index in [4.69, 9.17) is 25.8 Å². The summed E-state index contributed by atoms with van der Waals surface area (Å²) in [6, 6.07) is 9.55. The molecule has 2 aromatic carbocycles. The lowest BCUT2D eigenvalue weighted by Gasteiger charge is -2.26. The summed E-state index contributed by atoms with van der Waals surface area (Å²) in [6.45, 7) is 6.16. The first-order valence-electron chi connectivity index (χ1n) is 11.9. The first kappa shape index (κ1) is 27.2. The summed E-state index contributed by atoms with van der Waals surface area (Å²) < 4.78 is 29.5. The molecule has 0 saturated heterocycles. The molecule has 0 atom stereocenters. The van der Waals surface area contributed by atoms with Crippen molar-refractivity contribution >= 4 is 47.2 Å². The zero-order valence-electron chi connectivity index (χ0n) is 21.8. The fourth-order valence-electron chi connectivity index (χ4n) is 4.15. The molecule has 2 heterocycles. The first-order valence-corrected chi connectivity index (χ1v) is 14.9. The molecule has 9 nitrogen and oxygen atoms in total. The van der Waals surface area contributed by atoms with Gasteiger partial charge in [-0.15, -0.1) is 0 Å². The van der Waals surface area contributed by atoms with Crippen molar-refractivity contribution in [3.63, 3.8) is 0 Å². The highest BCUT2D eigenvalue weighted by atomic mass is 35.5. The topological polar surface area (TPSA) is 97.8 Å². The average Bonchev–Trinajstić information content (AvgIpc) is 2.86. The van der Waals surface area contributed by atoms with Crippen molar-refractivity contribution in [2.24, 2.45) is 0 Å². The number of anilines is 4. The van der Waals surface area contributed by atoms with Gasteiger partial charge in [-0.3, -0.25) is 0 Å². The van der Waals surface area contributed by atoms with Crippen LogP contribution >= 0.6 is 18.7 Å². The summed E-state index contributed by atoms with van der Waals surface area (Å²) in [4.78, 5) is 11.2. The number of fused-ring (bicyclic) bond motifs is 1. The van der Waals surface area contributed by atoms with Crippen LogP contribution in [0.1, 0.15) is 11.1 Å². The number of halogens is 1. The number of rotatable bonds is 10. The SMILES string of the molecule is COCCOc1ccc(Nc2nc(Nc3cc4c(cc3OC)CCN(C)C4)ncc2Cl)c(P(C)(C)=O)c1. The molecule has 0 amide bonds. The molecule has 1 aromatic heterocycles. The Morgan fingerprint density at radius 1 is 1.08 bits per heavy atom. The molecule has 0 unspecified atom stereocenters. The van der Waals surface area contributed by atoms with Gasteiger partial charge in [0.05, 0.1) is 31.3 Å². The van der Waals surface area contributed by atoms with Crippen LogP contribution in [-0.4, -0.2) is 69.2 Å². The minimum absolute atomic E-state index is 0.331. The zero-order valence-corrected chi connectivity index (χ0v) is 23.4. The molecular weight excluding hydrogens is 513 g/mol. The normalized spacial score (nSPS) is 13.7. The second-order valence-electron chi connectivity index (χ2n) is 9.32. The molecular formula is C26H33ClN5O4P. The number of hydrogen-bond donors (Lipinski definition) is 2. The van der Waals surface area contributed by atoms with Gasteiger partial charge in [-0.25, -0.2) is 4.98 Å². The highest BCUT2D eigenvalue weighted by Gasteiger charge is 2.20. The lowest BCUT2D eigenvalue weighted by atomic mass is 9.99. The van der Waals surface area contributed by atoms with Crippen LogP contribution in [-0.2, 0) is 22.3 Å². The Bertz CT molecular complexity index is 1320. The van der Waals surface area contributed by atoms with Crippen LogP contribution in [0.15, 0.2) is 36.5 Å². The quantitative estimate of drug-likeness (QED) is 0.272. The Labute approximate surface area is 222 Å². The molecule has 2 N–H and O–H groups in total. The molecule has 37 heavy (non-hydrogen) atoms. The van der Waals surface area contributed by atoms with Gasteiger partial charge in [0.15, 0.2) is 5.82 Å². The van der Waals surface area contributed by atoms with E-state index in [0.29, 0.717) is 46.7 Å². The highest BCUT2D eigenvalue weighted by molar-refractivity contribution is 7.70. The number of nitrogens with zero attached hydrogens (tertiary/aromatic N) is 3. The van der Waals surface area contributed by atoms with Gasteiger partial charge in [-0.2, -0.15) is 4.98 Å². The molecule has 0 bridgehead atoms. The Kier molecular flexibility index (Phi) is 8.60. The molecule has 1 aliphatic rings. The van der Waals surface area contributed by atoms with Crippen molar-refractivity contribution < 1.29 is 18.8 Å². The summed E-state index contributed by atoms with van der Waals surface area (Å²) in [5.74, 6) is 2.08. The van der Waals surface area contributed by atoms with Gasteiger partial charge in [0.25, 0.3) is 0 Å². The van der Waals surface area contributed by atoms with Crippen molar-refractivity contribution in [1.29, 1.82) is 0 Å². The van der Waals surface area contributed by atoms with Crippen LogP contribution in [0.4, 0.5) is 23.1 Å². The molecule has 0 saturated carbocycles. The lowest BCUT2D eigenvalue weighted by molar-refractivity contribution is 0.146. The van der Waals surface area contributed by atoms with E-state index in [0.717, 1.165) is 30.9 Å². The summed E-state index contributed by atoms with van der Waals surface area (Å²) >= 11 is 6.45. The van der Waals surface area contributed by atoms with Crippen molar-refractivity contribution in [3.05, 3.63) is 52.7 Å². The molecule has 0 radical (unpaired) electrons. The van der Waals surface area contributed by atoms with Gasteiger partial charge in [0.2, 0.25) is 5.95 Å². The smallest absolute Gasteiger partial charge is 0.229 e. The first-order chi connectivity index (χ1) is 17.7. The zero-order chi connectivity index (χ0) is 26.6. The van der Waals surface area contributed by atoms with Crippen LogP contribution in [0.3, 0.4) is 0 Å². The van der Waals surface area contributed by atoms with E-state index in [1.165, 1.54) is 17.3 Å². The van der Waals surface area contributed by atoms with Gasteiger partial charge in [-0.1, -0.05) is 11.6 Å². The van der Waals surface area contributed by atoms with Gasteiger partial charge in [0.1, 0.15) is 30.3 Å². The monoisotopic (exact) mass is 545 g/mol. The molecule has 0 fully saturated rings. The Morgan fingerprint density at radius 2 is 1.89 bits per heavy atom. The van der Waals surface area contributed by atoms with Crippen LogP contribution in [0, 0.1) is 0 Å².